The van der Waals surface area contributed by atoms with Crippen LogP contribution < -0.4 is 0 Å². The molecule has 5 heteroatoms. The van der Waals surface area contributed by atoms with Crippen molar-refractivity contribution in [1.29, 1.82) is 0 Å². The summed E-state index contributed by atoms with van der Waals surface area (Å²) in [6, 6.07) is 15.8. The van der Waals surface area contributed by atoms with E-state index in [4.69, 9.17) is 0 Å². The number of carbonyl (C=O) groups excluding carboxylic acids is 1. The van der Waals surface area contributed by atoms with E-state index in [2.05, 4.69) is 0 Å². The van der Waals surface area contributed by atoms with E-state index in [1.54, 1.807) is 47.4 Å². The first-order valence-electron chi connectivity index (χ1n) is 7.63. The van der Waals surface area contributed by atoms with Gasteiger partial charge in [-0.25, -0.2) is 8.42 Å². The molecule has 1 aliphatic rings. The lowest BCUT2D eigenvalue weighted by Crippen LogP contribution is -2.31. The van der Waals surface area contributed by atoms with Crippen LogP contribution >= 0.6 is 0 Å². The van der Waals surface area contributed by atoms with Gasteiger partial charge in [0.05, 0.1) is 10.1 Å². The molecule has 1 amide bonds. The Balaban J connectivity index is 1.76. The summed E-state index contributed by atoms with van der Waals surface area (Å²) in [6.45, 7) is 2.69. The molecule has 1 heterocycles. The number of aryl methyl sites for hydroxylation is 1. The van der Waals surface area contributed by atoms with E-state index in [1.807, 2.05) is 19.1 Å². The fraction of sp³-hybridized carbons (Fsp3) is 0.278. The fourth-order valence-electron chi connectivity index (χ4n) is 2.85. The van der Waals surface area contributed by atoms with Gasteiger partial charge in [0.15, 0.2) is 9.84 Å². The largest absolute Gasteiger partial charge is 0.337 e. The molecule has 0 aromatic heterocycles. The zero-order valence-corrected chi connectivity index (χ0v) is 13.8. The van der Waals surface area contributed by atoms with E-state index in [9.17, 15) is 13.2 Å². The van der Waals surface area contributed by atoms with Crippen molar-refractivity contribution < 1.29 is 13.2 Å². The number of sulfone groups is 1. The molecule has 120 valence electrons. The van der Waals surface area contributed by atoms with Crippen molar-refractivity contribution in [3.8, 4) is 0 Å². The predicted molar refractivity (Wildman–Crippen MR) is 89.1 cm³/mol. The fourth-order valence-corrected chi connectivity index (χ4v) is 4.56. The summed E-state index contributed by atoms with van der Waals surface area (Å²) in [5.74, 6) is -0.101. The molecule has 1 atom stereocenters. The Bertz CT molecular complexity index is 798. The van der Waals surface area contributed by atoms with Gasteiger partial charge in [0.25, 0.3) is 5.91 Å². The summed E-state index contributed by atoms with van der Waals surface area (Å²) >= 11 is 0. The molecule has 2 aromatic rings. The van der Waals surface area contributed by atoms with Crippen molar-refractivity contribution in [1.82, 2.24) is 4.90 Å². The van der Waals surface area contributed by atoms with Gasteiger partial charge in [0.2, 0.25) is 0 Å². The highest BCUT2D eigenvalue weighted by molar-refractivity contribution is 7.92. The molecule has 0 radical (unpaired) electrons. The molecule has 0 spiro atoms. The van der Waals surface area contributed by atoms with Gasteiger partial charge >= 0.3 is 0 Å². The van der Waals surface area contributed by atoms with Gasteiger partial charge in [0, 0.05) is 18.7 Å². The van der Waals surface area contributed by atoms with Gasteiger partial charge in [-0.05, 0) is 37.6 Å². The number of carbonyl (C=O) groups is 1. The molecule has 1 unspecified atom stereocenters. The Labute approximate surface area is 136 Å². The van der Waals surface area contributed by atoms with Gasteiger partial charge < -0.3 is 4.90 Å². The highest BCUT2D eigenvalue weighted by atomic mass is 32.2. The molecule has 2 aromatic carbocycles. The van der Waals surface area contributed by atoms with Crippen LogP contribution in [0.25, 0.3) is 0 Å². The van der Waals surface area contributed by atoms with Crippen molar-refractivity contribution in [3.63, 3.8) is 0 Å². The van der Waals surface area contributed by atoms with Crippen LogP contribution in [0.3, 0.4) is 0 Å². The summed E-state index contributed by atoms with van der Waals surface area (Å²) in [5, 5.41) is -0.528. The van der Waals surface area contributed by atoms with Gasteiger partial charge in [-0.1, -0.05) is 35.9 Å². The molecule has 1 saturated heterocycles. The van der Waals surface area contributed by atoms with E-state index >= 15 is 0 Å². The predicted octanol–water partition coefficient (Wildman–Crippen LogP) is 2.68. The third-order valence-electron chi connectivity index (χ3n) is 4.24. The minimum atomic E-state index is -3.39. The Kier molecular flexibility index (Phi) is 4.22. The van der Waals surface area contributed by atoms with Crippen molar-refractivity contribution in [2.75, 3.05) is 13.1 Å². The zero-order chi connectivity index (χ0) is 16.4. The molecule has 0 aliphatic carbocycles. The van der Waals surface area contributed by atoms with Crippen molar-refractivity contribution >= 4 is 15.7 Å². The number of hydrogen-bond donors (Lipinski definition) is 0. The maximum absolute atomic E-state index is 12.6. The number of hydrogen-bond acceptors (Lipinski definition) is 3. The summed E-state index contributed by atoms with van der Waals surface area (Å²) in [7, 11) is -3.39. The Morgan fingerprint density at radius 2 is 1.70 bits per heavy atom. The van der Waals surface area contributed by atoms with E-state index < -0.39 is 15.1 Å². The number of rotatable bonds is 3. The van der Waals surface area contributed by atoms with E-state index in [1.165, 1.54) is 0 Å². The topological polar surface area (TPSA) is 54.5 Å². The average Bonchev–Trinajstić information content (AvgIpc) is 3.06. The standard InChI is InChI=1S/C18H19NO3S/c1-14-7-9-15(10-8-14)18(20)19-12-11-17(13-19)23(21,22)16-5-3-2-4-6-16/h2-10,17H,11-13H2,1H3. The molecule has 4 nitrogen and oxygen atoms in total. The third-order valence-corrected chi connectivity index (χ3v) is 6.43. The first kappa shape index (κ1) is 15.7. The molecule has 0 bridgehead atoms. The molecule has 1 fully saturated rings. The lowest BCUT2D eigenvalue weighted by molar-refractivity contribution is 0.0793. The van der Waals surface area contributed by atoms with Gasteiger partial charge in [-0.15, -0.1) is 0 Å². The summed E-state index contributed by atoms with van der Waals surface area (Å²) in [5.41, 5.74) is 1.70. The maximum atomic E-state index is 12.6. The van der Waals surface area contributed by atoms with Crippen LogP contribution in [0.1, 0.15) is 22.3 Å². The molecule has 1 aliphatic heterocycles. The number of benzene rings is 2. The highest BCUT2D eigenvalue weighted by Gasteiger charge is 2.36. The second-order valence-electron chi connectivity index (χ2n) is 5.89. The quantitative estimate of drug-likeness (QED) is 0.870. The highest BCUT2D eigenvalue weighted by Crippen LogP contribution is 2.25. The second-order valence-corrected chi connectivity index (χ2v) is 8.11. The molecule has 23 heavy (non-hydrogen) atoms. The third kappa shape index (κ3) is 3.15. The minimum absolute atomic E-state index is 0.101. The smallest absolute Gasteiger partial charge is 0.253 e. The number of likely N-dealkylation sites (tertiary alicyclic amines) is 1. The van der Waals surface area contributed by atoms with Gasteiger partial charge in [0.1, 0.15) is 0 Å². The monoisotopic (exact) mass is 329 g/mol. The molecular formula is C18H19NO3S. The lowest BCUT2D eigenvalue weighted by Gasteiger charge is -2.17. The summed E-state index contributed by atoms with van der Waals surface area (Å²) < 4.78 is 25.3. The van der Waals surface area contributed by atoms with Crippen LogP contribution in [0, 0.1) is 6.92 Å². The Morgan fingerprint density at radius 3 is 2.35 bits per heavy atom. The summed E-state index contributed by atoms with van der Waals surface area (Å²) in [4.78, 5) is 14.5. The van der Waals surface area contributed by atoms with Crippen LogP contribution in [0.2, 0.25) is 0 Å². The first-order valence-corrected chi connectivity index (χ1v) is 9.18. The van der Waals surface area contributed by atoms with Crippen LogP contribution in [-0.2, 0) is 9.84 Å². The van der Waals surface area contributed by atoms with Crippen LogP contribution in [0.5, 0.6) is 0 Å². The van der Waals surface area contributed by atoms with Gasteiger partial charge in [-0.3, -0.25) is 4.79 Å². The zero-order valence-electron chi connectivity index (χ0n) is 13.0. The first-order chi connectivity index (χ1) is 11.0. The normalized spacial score (nSPS) is 18.1. The molecule has 3 rings (SSSR count). The lowest BCUT2D eigenvalue weighted by atomic mass is 10.1. The van der Waals surface area contributed by atoms with E-state index in [-0.39, 0.29) is 12.5 Å². The number of nitrogens with zero attached hydrogens (tertiary/aromatic N) is 1. The maximum Gasteiger partial charge on any atom is 0.253 e. The van der Waals surface area contributed by atoms with Crippen LogP contribution in [-0.4, -0.2) is 37.6 Å². The molecule has 0 saturated carbocycles. The van der Waals surface area contributed by atoms with Crippen molar-refractivity contribution in [2.24, 2.45) is 0 Å². The van der Waals surface area contributed by atoms with Gasteiger partial charge in [-0.2, -0.15) is 0 Å². The van der Waals surface area contributed by atoms with Crippen LogP contribution in [0.15, 0.2) is 59.5 Å². The van der Waals surface area contributed by atoms with Crippen LogP contribution in [0.4, 0.5) is 0 Å². The number of amides is 1. The van der Waals surface area contributed by atoms with Crippen molar-refractivity contribution in [2.45, 2.75) is 23.5 Å². The SMILES string of the molecule is Cc1ccc(C(=O)N2CCC(S(=O)(=O)c3ccccc3)C2)cc1. The summed E-state index contributed by atoms with van der Waals surface area (Å²) in [6.07, 6.45) is 0.481. The van der Waals surface area contributed by atoms with E-state index in [0.717, 1.165) is 5.56 Å². The average molecular weight is 329 g/mol. The molecule has 0 N–H and O–H groups in total. The second kappa shape index (κ2) is 6.16. The Morgan fingerprint density at radius 1 is 1.04 bits per heavy atom. The van der Waals surface area contributed by atoms with E-state index in [0.29, 0.717) is 23.4 Å². The van der Waals surface area contributed by atoms with Crippen molar-refractivity contribution in [3.05, 3.63) is 65.7 Å². The molecular weight excluding hydrogens is 310 g/mol. The minimum Gasteiger partial charge on any atom is -0.337 e. The Hall–Kier alpha value is -2.14.